The first-order valence-corrected chi connectivity index (χ1v) is 7.51. The first kappa shape index (κ1) is 17.1. The molecule has 20 heavy (non-hydrogen) atoms. The van der Waals surface area contributed by atoms with Gasteiger partial charge in [0, 0.05) is 43.5 Å². The maximum absolute atomic E-state index is 4.38. The van der Waals surface area contributed by atoms with Crippen LogP contribution in [0.25, 0.3) is 0 Å². The van der Waals surface area contributed by atoms with Crippen LogP contribution >= 0.6 is 0 Å². The van der Waals surface area contributed by atoms with Crippen LogP contribution in [0, 0.1) is 5.41 Å². The maximum atomic E-state index is 4.38. The van der Waals surface area contributed by atoms with Gasteiger partial charge in [-0.25, -0.2) is 0 Å². The van der Waals surface area contributed by atoms with Crippen LogP contribution in [0.1, 0.15) is 40.3 Å². The fourth-order valence-corrected chi connectivity index (χ4v) is 2.22. The minimum absolute atomic E-state index is 0.184. The number of aromatic nitrogens is 1. The van der Waals surface area contributed by atoms with Crippen molar-refractivity contribution in [3.63, 3.8) is 0 Å². The van der Waals surface area contributed by atoms with Crippen LogP contribution in [0.4, 0.5) is 0 Å². The van der Waals surface area contributed by atoms with Gasteiger partial charge in [0.2, 0.25) is 0 Å². The molecule has 0 amide bonds. The molecule has 0 spiro atoms. The van der Waals surface area contributed by atoms with Crippen LogP contribution in [0.15, 0.2) is 24.4 Å². The molecule has 0 radical (unpaired) electrons. The van der Waals surface area contributed by atoms with E-state index in [9.17, 15) is 0 Å². The SMILES string of the molecule is CN(CCc1ccccn1)CC(C)(C)CNC(C)(C)C. The van der Waals surface area contributed by atoms with Crippen molar-refractivity contribution in [1.82, 2.24) is 15.2 Å². The van der Waals surface area contributed by atoms with Crippen molar-refractivity contribution in [2.24, 2.45) is 5.41 Å². The molecule has 1 rings (SSSR count). The molecule has 1 N–H and O–H groups in total. The number of hydrogen-bond donors (Lipinski definition) is 1. The molecule has 3 nitrogen and oxygen atoms in total. The summed E-state index contributed by atoms with van der Waals surface area (Å²) in [6.45, 7) is 14.5. The van der Waals surface area contributed by atoms with Gasteiger partial charge >= 0.3 is 0 Å². The second-order valence-electron chi connectivity index (χ2n) is 7.58. The van der Waals surface area contributed by atoms with E-state index in [0.717, 1.165) is 26.1 Å². The lowest BCUT2D eigenvalue weighted by atomic mass is 9.91. The highest BCUT2D eigenvalue weighted by Crippen LogP contribution is 2.17. The third-order valence-corrected chi connectivity index (χ3v) is 3.27. The molecule has 0 saturated carbocycles. The summed E-state index contributed by atoms with van der Waals surface area (Å²) in [5.74, 6) is 0. The summed E-state index contributed by atoms with van der Waals surface area (Å²) < 4.78 is 0. The zero-order chi connectivity index (χ0) is 15.2. The summed E-state index contributed by atoms with van der Waals surface area (Å²) in [5, 5.41) is 3.60. The summed E-state index contributed by atoms with van der Waals surface area (Å²) in [7, 11) is 2.20. The molecule has 0 bridgehead atoms. The predicted octanol–water partition coefficient (Wildman–Crippen LogP) is 2.97. The van der Waals surface area contributed by atoms with Crippen LogP contribution < -0.4 is 5.32 Å². The average molecular weight is 277 g/mol. The van der Waals surface area contributed by atoms with Gasteiger partial charge in [-0.2, -0.15) is 0 Å². The number of rotatable bonds is 7. The zero-order valence-corrected chi connectivity index (χ0v) is 14.0. The van der Waals surface area contributed by atoms with Crippen LogP contribution in [0.3, 0.4) is 0 Å². The van der Waals surface area contributed by atoms with Gasteiger partial charge in [0.15, 0.2) is 0 Å². The molecule has 0 atom stereocenters. The van der Waals surface area contributed by atoms with Gasteiger partial charge in [-0.05, 0) is 45.4 Å². The fraction of sp³-hybridized carbons (Fsp3) is 0.706. The topological polar surface area (TPSA) is 28.2 Å². The molecule has 0 aliphatic heterocycles. The molecular weight excluding hydrogens is 246 g/mol. The van der Waals surface area contributed by atoms with Crippen molar-refractivity contribution in [3.05, 3.63) is 30.1 Å². The van der Waals surface area contributed by atoms with Crippen molar-refractivity contribution in [1.29, 1.82) is 0 Å². The Labute approximate surface area is 124 Å². The predicted molar refractivity (Wildman–Crippen MR) is 87.0 cm³/mol. The summed E-state index contributed by atoms with van der Waals surface area (Å²) in [6, 6.07) is 6.12. The standard InChI is InChI=1S/C17H31N3/c1-16(2,3)19-13-17(4,5)14-20(6)12-10-15-9-7-8-11-18-15/h7-9,11,19H,10,12-14H2,1-6H3. The number of pyridine rings is 1. The van der Waals surface area contributed by atoms with E-state index in [-0.39, 0.29) is 11.0 Å². The van der Waals surface area contributed by atoms with E-state index in [1.165, 1.54) is 5.69 Å². The summed E-state index contributed by atoms with van der Waals surface area (Å²) in [6.07, 6.45) is 2.88. The van der Waals surface area contributed by atoms with E-state index in [1.807, 2.05) is 12.3 Å². The van der Waals surface area contributed by atoms with E-state index in [4.69, 9.17) is 0 Å². The Morgan fingerprint density at radius 2 is 1.85 bits per heavy atom. The van der Waals surface area contributed by atoms with Gasteiger partial charge in [-0.15, -0.1) is 0 Å². The quantitative estimate of drug-likeness (QED) is 0.830. The van der Waals surface area contributed by atoms with E-state index in [1.54, 1.807) is 0 Å². The Morgan fingerprint density at radius 1 is 1.15 bits per heavy atom. The minimum Gasteiger partial charge on any atom is -0.311 e. The van der Waals surface area contributed by atoms with E-state index in [2.05, 4.69) is 69.0 Å². The molecule has 0 aliphatic carbocycles. The molecule has 3 heteroatoms. The van der Waals surface area contributed by atoms with Gasteiger partial charge in [-0.3, -0.25) is 4.98 Å². The highest BCUT2D eigenvalue weighted by molar-refractivity contribution is 5.03. The van der Waals surface area contributed by atoms with Crippen LogP contribution in [0.2, 0.25) is 0 Å². The molecule has 114 valence electrons. The summed E-state index contributed by atoms with van der Waals surface area (Å²) >= 11 is 0. The average Bonchev–Trinajstić information content (AvgIpc) is 2.34. The Morgan fingerprint density at radius 3 is 2.40 bits per heavy atom. The van der Waals surface area contributed by atoms with Crippen molar-refractivity contribution in [2.45, 2.75) is 46.6 Å². The van der Waals surface area contributed by atoms with Crippen molar-refractivity contribution >= 4 is 0 Å². The number of hydrogen-bond acceptors (Lipinski definition) is 3. The number of nitrogens with zero attached hydrogens (tertiary/aromatic N) is 2. The second kappa shape index (κ2) is 7.19. The Hall–Kier alpha value is -0.930. The highest BCUT2D eigenvalue weighted by atomic mass is 15.1. The largest absolute Gasteiger partial charge is 0.311 e. The molecule has 1 aromatic rings. The molecule has 0 saturated heterocycles. The van der Waals surface area contributed by atoms with Crippen LogP contribution in [-0.2, 0) is 6.42 Å². The van der Waals surface area contributed by atoms with Crippen molar-refractivity contribution < 1.29 is 0 Å². The zero-order valence-electron chi connectivity index (χ0n) is 14.0. The highest BCUT2D eigenvalue weighted by Gasteiger charge is 2.22. The smallest absolute Gasteiger partial charge is 0.0416 e. The Kier molecular flexibility index (Phi) is 6.15. The van der Waals surface area contributed by atoms with E-state index >= 15 is 0 Å². The molecule has 0 unspecified atom stereocenters. The number of likely N-dealkylation sites (N-methyl/N-ethyl adjacent to an activating group) is 1. The lowest BCUT2D eigenvalue weighted by Crippen LogP contribution is -2.45. The monoisotopic (exact) mass is 277 g/mol. The molecule has 0 aromatic carbocycles. The van der Waals surface area contributed by atoms with Gasteiger partial charge in [-0.1, -0.05) is 19.9 Å². The lowest BCUT2D eigenvalue weighted by molar-refractivity contribution is 0.192. The van der Waals surface area contributed by atoms with Gasteiger partial charge in [0.1, 0.15) is 0 Å². The molecular formula is C17H31N3. The van der Waals surface area contributed by atoms with Crippen molar-refractivity contribution in [3.8, 4) is 0 Å². The molecule has 0 fully saturated rings. The Bertz CT molecular complexity index is 379. The molecule has 1 aromatic heterocycles. The van der Waals surface area contributed by atoms with E-state index < -0.39 is 0 Å². The maximum Gasteiger partial charge on any atom is 0.0416 e. The molecule has 0 aliphatic rings. The third kappa shape index (κ3) is 7.61. The van der Waals surface area contributed by atoms with Crippen molar-refractivity contribution in [2.75, 3.05) is 26.7 Å². The lowest BCUT2D eigenvalue weighted by Gasteiger charge is -2.33. The minimum atomic E-state index is 0.184. The molecule has 1 heterocycles. The van der Waals surface area contributed by atoms with Gasteiger partial charge in [0.05, 0.1) is 0 Å². The second-order valence-corrected chi connectivity index (χ2v) is 7.58. The van der Waals surface area contributed by atoms with Gasteiger partial charge in [0.25, 0.3) is 0 Å². The Balaban J connectivity index is 2.35. The fourth-order valence-electron chi connectivity index (χ4n) is 2.22. The third-order valence-electron chi connectivity index (χ3n) is 3.27. The normalized spacial score (nSPS) is 12.9. The summed E-state index contributed by atoms with van der Waals surface area (Å²) in [5.41, 5.74) is 1.63. The first-order chi connectivity index (χ1) is 9.18. The summed E-state index contributed by atoms with van der Waals surface area (Å²) in [4.78, 5) is 6.78. The van der Waals surface area contributed by atoms with Gasteiger partial charge < -0.3 is 10.2 Å². The first-order valence-electron chi connectivity index (χ1n) is 7.51. The number of nitrogens with one attached hydrogen (secondary N) is 1. The van der Waals surface area contributed by atoms with Crippen LogP contribution in [-0.4, -0.2) is 42.1 Å². The van der Waals surface area contributed by atoms with Crippen LogP contribution in [0.5, 0.6) is 0 Å². The van der Waals surface area contributed by atoms with E-state index in [0.29, 0.717) is 0 Å².